The Morgan fingerprint density at radius 1 is 1.15 bits per heavy atom. The Labute approximate surface area is 161 Å². The molecule has 0 radical (unpaired) electrons. The third-order valence-corrected chi connectivity index (χ3v) is 7.76. The Bertz CT molecular complexity index is 760. The summed E-state index contributed by atoms with van der Waals surface area (Å²) in [5.41, 5.74) is 0.842. The van der Waals surface area contributed by atoms with Crippen LogP contribution in [-0.2, 0) is 14.8 Å². The zero-order chi connectivity index (χ0) is 18.7. The Balaban J connectivity index is 1.68. The zero-order valence-corrected chi connectivity index (χ0v) is 16.8. The molecule has 1 heterocycles. The van der Waals surface area contributed by atoms with E-state index in [1.54, 1.807) is 12.1 Å². The highest BCUT2D eigenvalue weighted by atomic mass is 35.5. The number of carbonyl (C=O) groups excluding carboxylic acids is 1. The van der Waals surface area contributed by atoms with Crippen molar-refractivity contribution >= 4 is 27.5 Å². The summed E-state index contributed by atoms with van der Waals surface area (Å²) in [7, 11) is -3.63. The molecule has 5 nitrogen and oxygen atoms in total. The molecule has 1 saturated carbocycles. The van der Waals surface area contributed by atoms with E-state index in [4.69, 9.17) is 11.6 Å². The molecule has 1 unspecified atom stereocenters. The van der Waals surface area contributed by atoms with Gasteiger partial charge in [-0.05, 0) is 50.3 Å². The lowest BCUT2D eigenvalue weighted by atomic mass is 9.93. The highest BCUT2D eigenvalue weighted by molar-refractivity contribution is 7.89. The van der Waals surface area contributed by atoms with Gasteiger partial charge in [0.15, 0.2) is 0 Å². The third-order valence-electron chi connectivity index (χ3n) is 5.49. The first-order valence-corrected chi connectivity index (χ1v) is 11.3. The van der Waals surface area contributed by atoms with Gasteiger partial charge >= 0.3 is 0 Å². The van der Waals surface area contributed by atoms with E-state index in [1.807, 2.05) is 6.92 Å². The molecule has 26 heavy (non-hydrogen) atoms. The van der Waals surface area contributed by atoms with E-state index in [0.29, 0.717) is 18.0 Å². The predicted octanol–water partition coefficient (Wildman–Crippen LogP) is 3.50. The van der Waals surface area contributed by atoms with Crippen LogP contribution in [-0.4, -0.2) is 37.8 Å². The minimum Gasteiger partial charge on any atom is -0.353 e. The normalized spacial score (nSPS) is 22.9. The molecule has 1 amide bonds. The molecule has 1 atom stereocenters. The zero-order valence-electron chi connectivity index (χ0n) is 15.2. The van der Waals surface area contributed by atoms with Gasteiger partial charge in [0.2, 0.25) is 15.9 Å². The van der Waals surface area contributed by atoms with Gasteiger partial charge in [0.25, 0.3) is 0 Å². The smallest absolute Gasteiger partial charge is 0.243 e. The van der Waals surface area contributed by atoms with Crippen molar-refractivity contribution in [1.29, 1.82) is 0 Å². The maximum Gasteiger partial charge on any atom is 0.243 e. The standard InChI is InChI=1S/C19H27ClN2O3S/c1-14-9-10-17(12-18(14)20)26(24,25)22-11-5-6-15(13-22)19(23)21-16-7-3-2-4-8-16/h9-10,12,15-16H,2-8,11,13H2,1H3,(H,21,23). The molecular formula is C19H27ClN2O3S. The number of sulfonamides is 1. The second-order valence-electron chi connectivity index (χ2n) is 7.46. The van der Waals surface area contributed by atoms with Crippen molar-refractivity contribution in [3.8, 4) is 0 Å². The fourth-order valence-corrected chi connectivity index (χ4v) is 5.62. The molecule has 1 aliphatic carbocycles. The number of hydrogen-bond acceptors (Lipinski definition) is 3. The van der Waals surface area contributed by atoms with Crippen LogP contribution in [0.4, 0.5) is 0 Å². The number of halogens is 1. The maximum absolute atomic E-state index is 12.9. The van der Waals surface area contributed by atoms with Crippen LogP contribution in [0.1, 0.15) is 50.5 Å². The monoisotopic (exact) mass is 398 g/mol. The van der Waals surface area contributed by atoms with E-state index in [-0.39, 0.29) is 29.3 Å². The fourth-order valence-electron chi connectivity index (χ4n) is 3.82. The first-order chi connectivity index (χ1) is 12.4. The number of benzene rings is 1. The van der Waals surface area contributed by atoms with Crippen molar-refractivity contribution < 1.29 is 13.2 Å². The maximum atomic E-state index is 12.9. The van der Waals surface area contributed by atoms with Crippen LogP contribution in [0.25, 0.3) is 0 Å². The number of piperidine rings is 1. The molecule has 1 saturated heterocycles. The van der Waals surface area contributed by atoms with E-state index < -0.39 is 10.0 Å². The van der Waals surface area contributed by atoms with Gasteiger partial charge in [-0.15, -0.1) is 0 Å². The van der Waals surface area contributed by atoms with Crippen molar-refractivity contribution in [3.05, 3.63) is 28.8 Å². The summed E-state index contributed by atoms with van der Waals surface area (Å²) in [5, 5.41) is 3.57. The van der Waals surface area contributed by atoms with Crippen molar-refractivity contribution in [2.75, 3.05) is 13.1 Å². The van der Waals surface area contributed by atoms with E-state index in [9.17, 15) is 13.2 Å². The SMILES string of the molecule is Cc1ccc(S(=O)(=O)N2CCCC(C(=O)NC3CCCCC3)C2)cc1Cl. The second kappa shape index (κ2) is 8.28. The molecule has 0 aromatic heterocycles. The lowest BCUT2D eigenvalue weighted by Gasteiger charge is -2.32. The Hall–Kier alpha value is -1.11. The minimum atomic E-state index is -3.63. The van der Waals surface area contributed by atoms with Gasteiger partial charge in [-0.3, -0.25) is 4.79 Å². The molecule has 1 N–H and O–H groups in total. The van der Waals surface area contributed by atoms with Crippen LogP contribution in [0.3, 0.4) is 0 Å². The van der Waals surface area contributed by atoms with Gasteiger partial charge in [0, 0.05) is 24.2 Å². The first-order valence-electron chi connectivity index (χ1n) is 9.44. The number of rotatable bonds is 4. The number of nitrogens with one attached hydrogen (secondary N) is 1. The number of carbonyl (C=O) groups is 1. The number of hydrogen-bond donors (Lipinski definition) is 1. The van der Waals surface area contributed by atoms with Gasteiger partial charge in [0.1, 0.15) is 0 Å². The van der Waals surface area contributed by atoms with Gasteiger partial charge < -0.3 is 5.32 Å². The summed E-state index contributed by atoms with van der Waals surface area (Å²) in [6.45, 7) is 2.53. The molecule has 2 aliphatic rings. The molecule has 7 heteroatoms. The molecule has 0 spiro atoms. The van der Waals surface area contributed by atoms with Gasteiger partial charge in [-0.25, -0.2) is 8.42 Å². The average molecular weight is 399 g/mol. The largest absolute Gasteiger partial charge is 0.353 e. The summed E-state index contributed by atoms with van der Waals surface area (Å²) in [6, 6.07) is 5.05. The second-order valence-corrected chi connectivity index (χ2v) is 9.80. The van der Waals surface area contributed by atoms with E-state index >= 15 is 0 Å². The molecule has 1 aromatic carbocycles. The lowest BCUT2D eigenvalue weighted by Crippen LogP contribution is -2.47. The van der Waals surface area contributed by atoms with Gasteiger partial charge in [-0.2, -0.15) is 4.31 Å². The van der Waals surface area contributed by atoms with Gasteiger partial charge in [-0.1, -0.05) is 36.9 Å². The van der Waals surface area contributed by atoms with Crippen LogP contribution in [0.15, 0.2) is 23.1 Å². The molecule has 3 rings (SSSR count). The van der Waals surface area contributed by atoms with Crippen LogP contribution in [0.5, 0.6) is 0 Å². The fraction of sp³-hybridized carbons (Fsp3) is 0.632. The minimum absolute atomic E-state index is 0.00117. The predicted molar refractivity (Wildman–Crippen MR) is 103 cm³/mol. The number of amides is 1. The number of aryl methyl sites for hydroxylation is 1. The molecule has 1 aliphatic heterocycles. The molecular weight excluding hydrogens is 372 g/mol. The van der Waals surface area contributed by atoms with Crippen LogP contribution >= 0.6 is 11.6 Å². The summed E-state index contributed by atoms with van der Waals surface area (Å²) >= 11 is 6.10. The number of nitrogens with zero attached hydrogens (tertiary/aromatic N) is 1. The van der Waals surface area contributed by atoms with E-state index in [1.165, 1.54) is 16.8 Å². The lowest BCUT2D eigenvalue weighted by molar-refractivity contribution is -0.127. The highest BCUT2D eigenvalue weighted by Gasteiger charge is 2.34. The summed E-state index contributed by atoms with van der Waals surface area (Å²) in [6.07, 6.45) is 7.04. The Kier molecular flexibility index (Phi) is 6.25. The van der Waals surface area contributed by atoms with Crippen LogP contribution < -0.4 is 5.32 Å². The van der Waals surface area contributed by atoms with Crippen molar-refractivity contribution in [1.82, 2.24) is 9.62 Å². The topological polar surface area (TPSA) is 66.5 Å². The first kappa shape index (κ1) is 19.6. The summed E-state index contributed by atoms with van der Waals surface area (Å²) in [4.78, 5) is 12.8. The van der Waals surface area contributed by atoms with Crippen molar-refractivity contribution in [2.24, 2.45) is 5.92 Å². The highest BCUT2D eigenvalue weighted by Crippen LogP contribution is 2.27. The third kappa shape index (κ3) is 4.41. The average Bonchev–Trinajstić information content (AvgIpc) is 2.65. The molecule has 1 aromatic rings. The van der Waals surface area contributed by atoms with Crippen molar-refractivity contribution in [2.45, 2.75) is 62.8 Å². The van der Waals surface area contributed by atoms with Crippen LogP contribution in [0.2, 0.25) is 5.02 Å². The van der Waals surface area contributed by atoms with Crippen molar-refractivity contribution in [3.63, 3.8) is 0 Å². The molecule has 2 fully saturated rings. The van der Waals surface area contributed by atoms with E-state index in [0.717, 1.165) is 37.7 Å². The molecule has 144 valence electrons. The molecule has 0 bridgehead atoms. The van der Waals surface area contributed by atoms with Gasteiger partial charge in [0.05, 0.1) is 10.8 Å². The summed E-state index contributed by atoms with van der Waals surface area (Å²) in [5.74, 6) is -0.278. The Morgan fingerprint density at radius 2 is 1.88 bits per heavy atom. The Morgan fingerprint density at radius 3 is 2.58 bits per heavy atom. The quantitative estimate of drug-likeness (QED) is 0.844. The van der Waals surface area contributed by atoms with Crippen LogP contribution in [0, 0.1) is 12.8 Å². The van der Waals surface area contributed by atoms with E-state index in [2.05, 4.69) is 5.32 Å². The summed E-state index contributed by atoms with van der Waals surface area (Å²) < 4.78 is 27.3.